The maximum atomic E-state index is 13.4. The minimum atomic E-state index is -0.194. The van der Waals surface area contributed by atoms with E-state index in [4.69, 9.17) is 14.2 Å². The first-order valence-corrected chi connectivity index (χ1v) is 9.91. The Bertz CT molecular complexity index is 827. The van der Waals surface area contributed by atoms with E-state index < -0.39 is 0 Å². The molecule has 0 unspecified atom stereocenters. The van der Waals surface area contributed by atoms with Crippen LogP contribution in [0, 0.1) is 11.7 Å². The molecule has 2 aromatic rings. The van der Waals surface area contributed by atoms with Gasteiger partial charge in [0, 0.05) is 25.1 Å². The summed E-state index contributed by atoms with van der Waals surface area (Å²) in [7, 11) is 0. The summed E-state index contributed by atoms with van der Waals surface area (Å²) in [6.45, 7) is 4.91. The predicted molar refractivity (Wildman–Crippen MR) is 114 cm³/mol. The Labute approximate surface area is 177 Å². The molecule has 156 valence electrons. The highest BCUT2D eigenvalue weighted by Crippen LogP contribution is 2.37. The van der Waals surface area contributed by atoms with Gasteiger partial charge in [0.05, 0.1) is 6.61 Å². The molecule has 0 spiro atoms. The van der Waals surface area contributed by atoms with Crippen molar-refractivity contribution in [3.63, 3.8) is 0 Å². The molecule has 4 nitrogen and oxygen atoms in total. The Morgan fingerprint density at radius 1 is 1.14 bits per heavy atom. The second-order valence-corrected chi connectivity index (χ2v) is 7.32. The van der Waals surface area contributed by atoms with Crippen molar-refractivity contribution in [2.24, 2.45) is 5.92 Å². The third-order valence-corrected chi connectivity index (χ3v) is 5.42. The quantitative estimate of drug-likeness (QED) is 0.628. The van der Waals surface area contributed by atoms with Gasteiger partial charge in [0.25, 0.3) is 0 Å². The molecule has 2 heterocycles. The lowest BCUT2D eigenvalue weighted by Gasteiger charge is -2.38. The molecule has 0 aromatic heterocycles. The Kier molecular flexibility index (Phi) is 7.26. The number of likely N-dealkylation sites (tertiary alicyclic amines) is 1. The standard InChI is InChI=1S/C23H26FNO3.ClH/c1-2-3-11-25-12-10-21(17-4-6-19(24)7-5-17)18(14-25)15-26-20-8-9-22-23(13-20)28-16-27-22;/h3-9,11,13,18,21H,2,10,12,14-16H2,1H3;1H/b11-3+;/t18-,21-;/m0./s1. The molecular weight excluding hydrogens is 393 g/mol. The van der Waals surface area contributed by atoms with E-state index in [1.54, 1.807) is 12.1 Å². The molecule has 0 saturated carbocycles. The fraction of sp³-hybridized carbons (Fsp3) is 0.391. The number of rotatable bonds is 6. The van der Waals surface area contributed by atoms with Crippen LogP contribution in [0.1, 0.15) is 31.2 Å². The van der Waals surface area contributed by atoms with Crippen molar-refractivity contribution < 1.29 is 18.6 Å². The van der Waals surface area contributed by atoms with Gasteiger partial charge in [0.1, 0.15) is 11.6 Å². The number of fused-ring (bicyclic) bond motifs is 1. The van der Waals surface area contributed by atoms with Crippen molar-refractivity contribution in [1.82, 2.24) is 4.90 Å². The highest BCUT2D eigenvalue weighted by Gasteiger charge is 2.30. The number of hydrogen-bond acceptors (Lipinski definition) is 4. The molecule has 1 saturated heterocycles. The molecule has 2 atom stereocenters. The number of ether oxygens (including phenoxy) is 3. The number of allylic oxidation sites excluding steroid dienone is 1. The lowest BCUT2D eigenvalue weighted by Crippen LogP contribution is -2.39. The molecule has 4 rings (SSSR count). The monoisotopic (exact) mass is 419 g/mol. The van der Waals surface area contributed by atoms with Gasteiger partial charge >= 0.3 is 0 Å². The van der Waals surface area contributed by atoms with Crippen molar-refractivity contribution in [1.29, 1.82) is 0 Å². The molecule has 0 amide bonds. The van der Waals surface area contributed by atoms with Gasteiger partial charge in [-0.2, -0.15) is 0 Å². The first-order chi connectivity index (χ1) is 13.7. The molecule has 29 heavy (non-hydrogen) atoms. The van der Waals surface area contributed by atoms with E-state index in [0.29, 0.717) is 18.4 Å². The van der Waals surface area contributed by atoms with Crippen molar-refractivity contribution in [2.45, 2.75) is 25.7 Å². The first kappa shape index (κ1) is 21.3. The van der Waals surface area contributed by atoms with E-state index >= 15 is 0 Å². The van der Waals surface area contributed by atoms with Crippen LogP contribution in [0.25, 0.3) is 0 Å². The maximum Gasteiger partial charge on any atom is 0.231 e. The van der Waals surface area contributed by atoms with E-state index in [-0.39, 0.29) is 25.0 Å². The Morgan fingerprint density at radius 3 is 2.72 bits per heavy atom. The smallest absolute Gasteiger partial charge is 0.231 e. The number of halogens is 2. The molecule has 2 aromatic carbocycles. The molecule has 6 heteroatoms. The van der Waals surface area contributed by atoms with Gasteiger partial charge < -0.3 is 19.1 Å². The lowest BCUT2D eigenvalue weighted by atomic mass is 9.81. The van der Waals surface area contributed by atoms with Crippen LogP contribution in [-0.4, -0.2) is 31.4 Å². The van der Waals surface area contributed by atoms with Crippen LogP contribution in [0.4, 0.5) is 4.39 Å². The molecule has 0 bridgehead atoms. The highest BCUT2D eigenvalue weighted by atomic mass is 35.5. The molecule has 1 fully saturated rings. The molecule has 2 aliphatic heterocycles. The fourth-order valence-electron chi connectivity index (χ4n) is 3.94. The first-order valence-electron chi connectivity index (χ1n) is 9.91. The summed E-state index contributed by atoms with van der Waals surface area (Å²) in [4.78, 5) is 2.36. The minimum Gasteiger partial charge on any atom is -0.493 e. The number of benzene rings is 2. The number of nitrogens with zero attached hydrogens (tertiary/aromatic N) is 1. The zero-order valence-electron chi connectivity index (χ0n) is 16.6. The predicted octanol–water partition coefficient (Wildman–Crippen LogP) is 5.38. The highest BCUT2D eigenvalue weighted by molar-refractivity contribution is 5.85. The summed E-state index contributed by atoms with van der Waals surface area (Å²) in [5, 5.41) is 0. The minimum absolute atomic E-state index is 0. The maximum absolute atomic E-state index is 13.4. The van der Waals surface area contributed by atoms with Gasteiger partial charge in [-0.3, -0.25) is 0 Å². The van der Waals surface area contributed by atoms with Gasteiger partial charge in [-0.25, -0.2) is 4.39 Å². The molecule has 2 aliphatic rings. The Balaban J connectivity index is 0.00000240. The van der Waals surface area contributed by atoms with Crippen LogP contribution in [0.3, 0.4) is 0 Å². The van der Waals surface area contributed by atoms with Gasteiger partial charge in [0.15, 0.2) is 11.5 Å². The van der Waals surface area contributed by atoms with E-state index in [0.717, 1.165) is 43.2 Å². The average molecular weight is 420 g/mol. The molecule has 0 radical (unpaired) electrons. The van der Waals surface area contributed by atoms with Crippen molar-refractivity contribution >= 4 is 12.4 Å². The summed E-state index contributed by atoms with van der Waals surface area (Å²) in [6, 6.07) is 12.6. The van der Waals surface area contributed by atoms with Crippen LogP contribution < -0.4 is 14.2 Å². The van der Waals surface area contributed by atoms with Gasteiger partial charge in [-0.05, 0) is 54.8 Å². The second-order valence-electron chi connectivity index (χ2n) is 7.32. The van der Waals surface area contributed by atoms with Crippen LogP contribution in [0.2, 0.25) is 0 Å². The summed E-state index contributed by atoms with van der Waals surface area (Å²) in [5.41, 5.74) is 1.18. The van der Waals surface area contributed by atoms with Crippen molar-refractivity contribution in [3.05, 3.63) is 66.1 Å². The van der Waals surface area contributed by atoms with Crippen LogP contribution in [0.15, 0.2) is 54.7 Å². The zero-order valence-corrected chi connectivity index (χ0v) is 17.4. The average Bonchev–Trinajstić information content (AvgIpc) is 3.19. The summed E-state index contributed by atoms with van der Waals surface area (Å²) >= 11 is 0. The molecule has 0 N–H and O–H groups in total. The summed E-state index contributed by atoms with van der Waals surface area (Å²) in [5.74, 6) is 2.73. The van der Waals surface area contributed by atoms with Crippen LogP contribution in [-0.2, 0) is 0 Å². The second kappa shape index (κ2) is 9.88. The summed E-state index contributed by atoms with van der Waals surface area (Å²) in [6.07, 6.45) is 6.42. The largest absolute Gasteiger partial charge is 0.493 e. The topological polar surface area (TPSA) is 30.9 Å². The third-order valence-electron chi connectivity index (χ3n) is 5.42. The SMILES string of the molecule is CC/C=C/N1CC[C@@H](c2ccc(F)cc2)[C@H](COc2ccc3c(c2)OCO3)C1.Cl. The zero-order chi connectivity index (χ0) is 19.3. The van der Waals surface area contributed by atoms with E-state index in [1.807, 2.05) is 30.3 Å². The Hall–Kier alpha value is -2.40. The van der Waals surface area contributed by atoms with Crippen LogP contribution in [0.5, 0.6) is 17.2 Å². The van der Waals surface area contributed by atoms with Gasteiger partial charge in [-0.1, -0.05) is 25.1 Å². The molecule has 0 aliphatic carbocycles. The van der Waals surface area contributed by atoms with Gasteiger partial charge in [-0.15, -0.1) is 12.4 Å². The van der Waals surface area contributed by atoms with E-state index in [9.17, 15) is 4.39 Å². The number of piperidine rings is 1. The normalized spacial score (nSPS) is 20.6. The fourth-order valence-corrected chi connectivity index (χ4v) is 3.94. The van der Waals surface area contributed by atoms with Crippen molar-refractivity contribution in [3.8, 4) is 17.2 Å². The van der Waals surface area contributed by atoms with E-state index in [1.165, 1.54) is 5.56 Å². The van der Waals surface area contributed by atoms with Gasteiger partial charge in [0.2, 0.25) is 6.79 Å². The number of hydrogen-bond donors (Lipinski definition) is 0. The molecular formula is C23H27ClFNO3. The van der Waals surface area contributed by atoms with Crippen molar-refractivity contribution in [2.75, 3.05) is 26.5 Å². The van der Waals surface area contributed by atoms with E-state index in [2.05, 4.69) is 24.1 Å². The summed E-state index contributed by atoms with van der Waals surface area (Å²) < 4.78 is 30.3. The van der Waals surface area contributed by atoms with Crippen LogP contribution >= 0.6 is 12.4 Å². The Morgan fingerprint density at radius 2 is 1.93 bits per heavy atom. The lowest BCUT2D eigenvalue weighted by molar-refractivity contribution is 0.141. The third kappa shape index (κ3) is 5.15.